The molecule has 1 aliphatic rings. The Hall–Kier alpha value is -2.14. The first kappa shape index (κ1) is 16.7. The van der Waals surface area contributed by atoms with Gasteiger partial charge in [0.2, 0.25) is 0 Å². The molecule has 0 saturated carbocycles. The molecule has 1 saturated heterocycles. The minimum Gasteiger partial charge on any atom is -0.334 e. The number of hydrogen-bond donors (Lipinski definition) is 1. The molecular weight excluding hydrogens is 300 g/mol. The number of nitrogens with two attached hydrogens (primary N) is 1. The van der Waals surface area contributed by atoms with Gasteiger partial charge in [0.1, 0.15) is 0 Å². The molecule has 2 unspecified atom stereocenters. The normalized spacial score (nSPS) is 21.1. The second-order valence-corrected chi connectivity index (χ2v) is 6.90. The van der Waals surface area contributed by atoms with E-state index in [9.17, 15) is 4.79 Å². The predicted molar refractivity (Wildman–Crippen MR) is 95.3 cm³/mol. The van der Waals surface area contributed by atoms with Crippen LogP contribution in [0.2, 0.25) is 0 Å². The summed E-state index contributed by atoms with van der Waals surface area (Å²) >= 11 is 0. The van der Waals surface area contributed by atoms with E-state index < -0.39 is 0 Å². The van der Waals surface area contributed by atoms with Gasteiger partial charge in [0.25, 0.3) is 5.91 Å². The Balaban J connectivity index is 2.01. The van der Waals surface area contributed by atoms with Crippen LogP contribution in [0.5, 0.6) is 0 Å². The van der Waals surface area contributed by atoms with Crippen LogP contribution in [0.3, 0.4) is 0 Å². The topological polar surface area (TPSA) is 64.2 Å². The third-order valence-electron chi connectivity index (χ3n) is 4.96. The first-order valence-corrected chi connectivity index (χ1v) is 8.64. The summed E-state index contributed by atoms with van der Waals surface area (Å²) in [6.45, 7) is 7.47. The van der Waals surface area contributed by atoms with Gasteiger partial charge in [-0.2, -0.15) is 5.10 Å². The summed E-state index contributed by atoms with van der Waals surface area (Å²) in [5.41, 5.74) is 9.64. The molecular formula is C19H26N4O. The minimum atomic E-state index is 0.0591. The zero-order valence-electron chi connectivity index (χ0n) is 14.7. The summed E-state index contributed by atoms with van der Waals surface area (Å²) in [5.74, 6) is 0.497. The molecule has 24 heavy (non-hydrogen) atoms. The number of aryl methyl sites for hydroxylation is 2. The quantitative estimate of drug-likeness (QED) is 0.943. The molecule has 128 valence electrons. The van der Waals surface area contributed by atoms with E-state index in [4.69, 9.17) is 5.73 Å². The molecule has 5 heteroatoms. The SMILES string of the molecule is Cc1ccc(-n2cc(C)cn2)c(C(=O)N2CCCC(C)C2CN)c1. The van der Waals surface area contributed by atoms with Gasteiger partial charge in [0.15, 0.2) is 0 Å². The van der Waals surface area contributed by atoms with Crippen LogP contribution in [0.25, 0.3) is 5.69 Å². The summed E-state index contributed by atoms with van der Waals surface area (Å²) in [7, 11) is 0. The highest BCUT2D eigenvalue weighted by molar-refractivity contribution is 5.98. The maximum absolute atomic E-state index is 13.3. The number of aromatic nitrogens is 2. The molecule has 0 bridgehead atoms. The van der Waals surface area contributed by atoms with Crippen LogP contribution in [-0.4, -0.2) is 39.7 Å². The van der Waals surface area contributed by atoms with Crippen molar-refractivity contribution >= 4 is 5.91 Å². The van der Waals surface area contributed by atoms with Crippen molar-refractivity contribution in [3.8, 4) is 5.69 Å². The van der Waals surface area contributed by atoms with Gasteiger partial charge >= 0.3 is 0 Å². The van der Waals surface area contributed by atoms with E-state index in [0.717, 1.165) is 36.2 Å². The van der Waals surface area contributed by atoms with Gasteiger partial charge in [0, 0.05) is 25.3 Å². The molecule has 1 aromatic heterocycles. The van der Waals surface area contributed by atoms with E-state index in [1.54, 1.807) is 10.9 Å². The van der Waals surface area contributed by atoms with Gasteiger partial charge in [-0.15, -0.1) is 0 Å². The Morgan fingerprint density at radius 1 is 1.33 bits per heavy atom. The highest BCUT2D eigenvalue weighted by Gasteiger charge is 2.32. The zero-order chi connectivity index (χ0) is 17.3. The standard InChI is InChI=1S/C19H26N4O/c1-13-6-7-17(23-12-14(2)11-21-23)16(9-13)19(24)22-8-4-5-15(3)18(22)10-20/h6-7,9,11-12,15,18H,4-5,8,10,20H2,1-3H3. The van der Waals surface area contributed by atoms with E-state index >= 15 is 0 Å². The fourth-order valence-electron chi connectivity index (χ4n) is 3.58. The number of nitrogens with zero attached hydrogens (tertiary/aromatic N) is 3. The molecule has 0 aliphatic carbocycles. The molecule has 0 spiro atoms. The highest BCUT2D eigenvalue weighted by atomic mass is 16.2. The van der Waals surface area contributed by atoms with Crippen molar-refractivity contribution < 1.29 is 4.79 Å². The maximum atomic E-state index is 13.3. The number of amides is 1. The van der Waals surface area contributed by atoms with Gasteiger partial charge in [0.05, 0.1) is 17.4 Å². The molecule has 3 rings (SSSR count). The van der Waals surface area contributed by atoms with Crippen molar-refractivity contribution in [1.82, 2.24) is 14.7 Å². The van der Waals surface area contributed by atoms with E-state index in [2.05, 4.69) is 12.0 Å². The monoisotopic (exact) mass is 326 g/mol. The number of rotatable bonds is 3. The lowest BCUT2D eigenvalue weighted by Gasteiger charge is -2.39. The van der Waals surface area contributed by atoms with Crippen molar-refractivity contribution in [2.24, 2.45) is 11.7 Å². The lowest BCUT2D eigenvalue weighted by atomic mass is 9.90. The van der Waals surface area contributed by atoms with Crippen molar-refractivity contribution in [1.29, 1.82) is 0 Å². The van der Waals surface area contributed by atoms with Gasteiger partial charge in [-0.1, -0.05) is 18.6 Å². The van der Waals surface area contributed by atoms with Crippen LogP contribution in [0, 0.1) is 19.8 Å². The van der Waals surface area contributed by atoms with Gasteiger partial charge < -0.3 is 10.6 Å². The molecule has 5 nitrogen and oxygen atoms in total. The minimum absolute atomic E-state index is 0.0591. The van der Waals surface area contributed by atoms with E-state index in [1.165, 1.54) is 0 Å². The van der Waals surface area contributed by atoms with Crippen molar-refractivity contribution in [2.45, 2.75) is 39.7 Å². The van der Waals surface area contributed by atoms with Gasteiger partial charge in [-0.25, -0.2) is 4.68 Å². The van der Waals surface area contributed by atoms with E-state index in [0.29, 0.717) is 18.0 Å². The Bertz CT molecular complexity index is 737. The first-order chi connectivity index (χ1) is 11.5. The zero-order valence-corrected chi connectivity index (χ0v) is 14.7. The van der Waals surface area contributed by atoms with Crippen LogP contribution < -0.4 is 5.73 Å². The fourth-order valence-corrected chi connectivity index (χ4v) is 3.58. The largest absolute Gasteiger partial charge is 0.334 e. The van der Waals surface area contributed by atoms with Gasteiger partial charge in [-0.3, -0.25) is 4.79 Å². The molecule has 1 aliphatic heterocycles. The second-order valence-electron chi connectivity index (χ2n) is 6.90. The van der Waals surface area contributed by atoms with Crippen LogP contribution in [-0.2, 0) is 0 Å². The van der Waals surface area contributed by atoms with Crippen LogP contribution in [0.15, 0.2) is 30.6 Å². The second kappa shape index (κ2) is 6.77. The third-order valence-corrected chi connectivity index (χ3v) is 4.96. The number of benzene rings is 1. The predicted octanol–water partition coefficient (Wildman–Crippen LogP) is 2.69. The molecule has 1 fully saturated rings. The molecule has 2 N–H and O–H groups in total. The number of carbonyl (C=O) groups excluding carboxylic acids is 1. The van der Waals surface area contributed by atoms with Crippen molar-refractivity contribution in [2.75, 3.05) is 13.1 Å². The summed E-state index contributed by atoms with van der Waals surface area (Å²) in [6, 6.07) is 6.06. The van der Waals surface area contributed by atoms with Crippen molar-refractivity contribution in [3.63, 3.8) is 0 Å². The molecule has 1 amide bonds. The average molecular weight is 326 g/mol. The highest BCUT2D eigenvalue weighted by Crippen LogP contribution is 2.26. The Morgan fingerprint density at radius 3 is 2.79 bits per heavy atom. The molecule has 2 aromatic rings. The van der Waals surface area contributed by atoms with Crippen LogP contribution >= 0.6 is 0 Å². The average Bonchev–Trinajstić information content (AvgIpc) is 3.00. The summed E-state index contributed by atoms with van der Waals surface area (Å²) in [5, 5.41) is 4.38. The number of hydrogen-bond acceptors (Lipinski definition) is 3. The first-order valence-electron chi connectivity index (χ1n) is 8.64. The lowest BCUT2D eigenvalue weighted by Crippen LogP contribution is -2.51. The molecule has 2 atom stereocenters. The lowest BCUT2D eigenvalue weighted by molar-refractivity contribution is 0.0532. The molecule has 1 aromatic carbocycles. The Morgan fingerprint density at radius 2 is 2.12 bits per heavy atom. The Labute approximate surface area is 143 Å². The van der Waals surface area contributed by atoms with E-state index in [-0.39, 0.29) is 11.9 Å². The third kappa shape index (κ3) is 3.08. The van der Waals surface area contributed by atoms with Gasteiger partial charge in [-0.05, 0) is 50.3 Å². The van der Waals surface area contributed by atoms with Crippen LogP contribution in [0.4, 0.5) is 0 Å². The Kier molecular flexibility index (Phi) is 4.71. The molecule has 2 heterocycles. The smallest absolute Gasteiger partial charge is 0.256 e. The summed E-state index contributed by atoms with van der Waals surface area (Å²) in [6.07, 6.45) is 5.91. The number of piperidine rings is 1. The summed E-state index contributed by atoms with van der Waals surface area (Å²) < 4.78 is 1.78. The van der Waals surface area contributed by atoms with Crippen LogP contribution in [0.1, 0.15) is 41.3 Å². The van der Waals surface area contributed by atoms with Crippen molar-refractivity contribution in [3.05, 3.63) is 47.3 Å². The van der Waals surface area contributed by atoms with E-state index in [1.807, 2.05) is 43.1 Å². The fraction of sp³-hybridized carbons (Fsp3) is 0.474. The number of likely N-dealkylation sites (tertiary alicyclic amines) is 1. The summed E-state index contributed by atoms with van der Waals surface area (Å²) in [4.78, 5) is 15.3. The maximum Gasteiger partial charge on any atom is 0.256 e. The number of carbonyl (C=O) groups is 1. The molecule has 0 radical (unpaired) electrons.